The maximum atomic E-state index is 13.5. The van der Waals surface area contributed by atoms with Crippen LogP contribution in [0.3, 0.4) is 0 Å². The number of hydrogen-bond acceptors (Lipinski definition) is 3. The first-order valence-electron chi connectivity index (χ1n) is 12.6. The zero-order valence-electron chi connectivity index (χ0n) is 20.0. The van der Waals surface area contributed by atoms with Gasteiger partial charge in [0.2, 0.25) is 0 Å². The van der Waals surface area contributed by atoms with E-state index < -0.39 is 0 Å². The molecule has 1 aromatic rings. The monoisotopic (exact) mass is 437 g/mol. The maximum Gasteiger partial charge on any atom is 0.414 e. The van der Waals surface area contributed by atoms with Gasteiger partial charge in [-0.05, 0) is 54.6 Å². The fourth-order valence-electron chi connectivity index (χ4n) is 6.31. The molecule has 0 bridgehead atoms. The van der Waals surface area contributed by atoms with Crippen molar-refractivity contribution in [2.75, 3.05) is 0 Å². The Morgan fingerprint density at radius 3 is 2.47 bits per heavy atom. The van der Waals surface area contributed by atoms with Gasteiger partial charge in [0.1, 0.15) is 6.10 Å². The van der Waals surface area contributed by atoms with Crippen molar-refractivity contribution in [1.82, 2.24) is 4.90 Å². The first kappa shape index (κ1) is 23.1. The molecule has 4 nitrogen and oxygen atoms in total. The Hall–Kier alpha value is -2.10. The van der Waals surface area contributed by atoms with Gasteiger partial charge >= 0.3 is 6.09 Å². The average Bonchev–Trinajstić information content (AvgIpc) is 2.80. The lowest BCUT2D eigenvalue weighted by Gasteiger charge is -2.45. The van der Waals surface area contributed by atoms with Crippen molar-refractivity contribution < 1.29 is 14.3 Å². The molecule has 0 aromatic heterocycles. The van der Waals surface area contributed by atoms with Crippen LogP contribution in [0.1, 0.15) is 84.1 Å². The molecule has 32 heavy (non-hydrogen) atoms. The fourth-order valence-corrected chi connectivity index (χ4v) is 6.31. The molecule has 0 saturated heterocycles. The maximum absolute atomic E-state index is 13.5. The lowest BCUT2D eigenvalue weighted by molar-refractivity contribution is -0.117. The van der Waals surface area contributed by atoms with Crippen LogP contribution in [0.5, 0.6) is 0 Å². The molecule has 0 N–H and O–H groups in total. The molecule has 0 spiro atoms. The number of amides is 1. The summed E-state index contributed by atoms with van der Waals surface area (Å²) in [6.45, 7) is 6.83. The summed E-state index contributed by atoms with van der Waals surface area (Å²) >= 11 is 0. The van der Waals surface area contributed by atoms with E-state index in [1.807, 2.05) is 0 Å². The first-order chi connectivity index (χ1) is 15.4. The van der Waals surface area contributed by atoms with E-state index in [-0.39, 0.29) is 35.4 Å². The van der Waals surface area contributed by atoms with E-state index in [2.05, 4.69) is 51.1 Å². The Bertz CT molecular complexity index is 824. The van der Waals surface area contributed by atoms with Gasteiger partial charge in [0.05, 0.1) is 0 Å². The number of nitrogens with zero attached hydrogens (tertiary/aromatic N) is 1. The number of ether oxygens (including phenoxy) is 1. The lowest BCUT2D eigenvalue weighted by Crippen LogP contribution is -2.49. The number of ketones is 1. The van der Waals surface area contributed by atoms with Crippen LogP contribution in [0, 0.1) is 17.8 Å². The summed E-state index contributed by atoms with van der Waals surface area (Å²) in [6, 6.07) is 10.6. The molecule has 1 aromatic carbocycles. The van der Waals surface area contributed by atoms with E-state index in [4.69, 9.17) is 4.74 Å². The van der Waals surface area contributed by atoms with Gasteiger partial charge in [-0.15, -0.1) is 0 Å². The Kier molecular flexibility index (Phi) is 7.07. The second kappa shape index (κ2) is 9.80. The van der Waals surface area contributed by atoms with E-state index >= 15 is 0 Å². The van der Waals surface area contributed by atoms with Crippen molar-refractivity contribution in [3.8, 4) is 0 Å². The minimum atomic E-state index is -0.266. The van der Waals surface area contributed by atoms with E-state index in [1.54, 1.807) is 17.2 Å². The Morgan fingerprint density at radius 1 is 1.03 bits per heavy atom. The van der Waals surface area contributed by atoms with Crippen molar-refractivity contribution >= 4 is 11.9 Å². The summed E-state index contributed by atoms with van der Waals surface area (Å²) < 4.78 is 6.30. The minimum Gasteiger partial charge on any atom is -0.446 e. The second-order valence-electron chi connectivity index (χ2n) is 10.9. The number of carbonyl (C=O) groups is 2. The van der Waals surface area contributed by atoms with E-state index in [0.717, 1.165) is 32.1 Å². The molecule has 4 rings (SSSR count). The zero-order chi connectivity index (χ0) is 22.7. The number of allylic oxidation sites excluding steroid dienone is 1. The van der Waals surface area contributed by atoms with E-state index in [9.17, 15) is 9.59 Å². The SMILES string of the molecule is C[C@@H]1CC[C@@H](C(C)(C)c2ccccc2)[C@H](OC(=O)N2C=CC(=O)C[C@H]2C2CCCCC2)C1. The smallest absolute Gasteiger partial charge is 0.414 e. The van der Waals surface area contributed by atoms with Crippen molar-refractivity contribution in [2.24, 2.45) is 17.8 Å². The molecular formula is C28H39NO3. The molecule has 0 unspecified atom stereocenters. The quantitative estimate of drug-likeness (QED) is 0.530. The van der Waals surface area contributed by atoms with Gasteiger partial charge in [0.15, 0.2) is 5.78 Å². The molecule has 0 radical (unpaired) electrons. The average molecular weight is 438 g/mol. The van der Waals surface area contributed by atoms with Crippen molar-refractivity contribution in [1.29, 1.82) is 0 Å². The molecule has 2 aliphatic carbocycles. The Morgan fingerprint density at radius 2 is 1.75 bits per heavy atom. The first-order valence-corrected chi connectivity index (χ1v) is 12.6. The summed E-state index contributed by atoms with van der Waals surface area (Å²) in [5.41, 5.74) is 1.21. The molecular weight excluding hydrogens is 398 g/mol. The van der Waals surface area contributed by atoms with Gasteiger partial charge in [-0.1, -0.05) is 76.8 Å². The molecule has 1 amide bonds. The third kappa shape index (κ3) is 4.94. The van der Waals surface area contributed by atoms with Gasteiger partial charge in [-0.2, -0.15) is 0 Å². The molecule has 2 saturated carbocycles. The highest BCUT2D eigenvalue weighted by Gasteiger charge is 2.43. The van der Waals surface area contributed by atoms with Crippen LogP contribution in [-0.2, 0) is 14.9 Å². The summed E-state index contributed by atoms with van der Waals surface area (Å²) in [5.74, 6) is 1.34. The van der Waals surface area contributed by atoms with Crippen LogP contribution >= 0.6 is 0 Å². The summed E-state index contributed by atoms with van der Waals surface area (Å²) in [4.78, 5) is 27.4. The highest BCUT2D eigenvalue weighted by atomic mass is 16.6. The lowest BCUT2D eigenvalue weighted by atomic mass is 9.64. The molecule has 1 heterocycles. The van der Waals surface area contributed by atoms with Crippen molar-refractivity contribution in [2.45, 2.75) is 96.1 Å². The molecule has 3 aliphatic rings. The van der Waals surface area contributed by atoms with E-state index in [0.29, 0.717) is 18.3 Å². The highest BCUT2D eigenvalue weighted by molar-refractivity contribution is 5.92. The molecule has 174 valence electrons. The fraction of sp³-hybridized carbons (Fsp3) is 0.643. The summed E-state index contributed by atoms with van der Waals surface area (Å²) in [5, 5.41) is 0. The van der Waals surface area contributed by atoms with Gasteiger partial charge in [0.25, 0.3) is 0 Å². The Labute approximate surface area is 193 Å². The number of rotatable bonds is 4. The van der Waals surface area contributed by atoms with Crippen molar-refractivity contribution in [3.63, 3.8) is 0 Å². The highest BCUT2D eigenvalue weighted by Crippen LogP contribution is 2.44. The van der Waals surface area contributed by atoms with Crippen LogP contribution in [0.25, 0.3) is 0 Å². The van der Waals surface area contributed by atoms with Gasteiger partial charge < -0.3 is 4.74 Å². The third-order valence-corrected chi connectivity index (χ3v) is 8.34. The predicted molar refractivity (Wildman–Crippen MR) is 127 cm³/mol. The van der Waals surface area contributed by atoms with Crippen LogP contribution < -0.4 is 0 Å². The van der Waals surface area contributed by atoms with Crippen LogP contribution in [0.15, 0.2) is 42.6 Å². The number of benzene rings is 1. The third-order valence-electron chi connectivity index (χ3n) is 8.34. The standard InChI is InChI=1S/C28H39NO3/c1-20-14-15-24(28(2,3)22-12-8-5-9-13-22)26(18-20)32-27(31)29-17-16-23(30)19-25(29)21-10-6-4-7-11-21/h5,8-9,12-13,16-17,20-21,24-26H,4,6-7,10-11,14-15,18-19H2,1-3H3/t20-,24-,25+,26-/m1/s1. The topological polar surface area (TPSA) is 46.6 Å². The molecule has 4 heteroatoms. The number of hydrogen-bond donors (Lipinski definition) is 0. The predicted octanol–water partition coefficient (Wildman–Crippen LogP) is 6.64. The van der Waals surface area contributed by atoms with Crippen molar-refractivity contribution in [3.05, 3.63) is 48.2 Å². The van der Waals surface area contributed by atoms with Gasteiger partial charge in [0, 0.05) is 24.6 Å². The van der Waals surface area contributed by atoms with Gasteiger partial charge in [-0.25, -0.2) is 4.79 Å². The van der Waals surface area contributed by atoms with Crippen LogP contribution in [0.4, 0.5) is 4.79 Å². The Balaban J connectivity index is 1.53. The summed E-state index contributed by atoms with van der Waals surface area (Å²) in [6.07, 6.45) is 12.2. The molecule has 4 atom stereocenters. The number of carbonyl (C=O) groups excluding carboxylic acids is 2. The van der Waals surface area contributed by atoms with Crippen LogP contribution in [-0.4, -0.2) is 28.9 Å². The second-order valence-corrected chi connectivity index (χ2v) is 10.9. The summed E-state index contributed by atoms with van der Waals surface area (Å²) in [7, 11) is 0. The largest absolute Gasteiger partial charge is 0.446 e. The normalized spacial score (nSPS) is 29.7. The van der Waals surface area contributed by atoms with Crippen LogP contribution in [0.2, 0.25) is 0 Å². The molecule has 1 aliphatic heterocycles. The minimum absolute atomic E-state index is 0.0538. The zero-order valence-corrected chi connectivity index (χ0v) is 20.0. The van der Waals surface area contributed by atoms with E-state index in [1.165, 1.54) is 24.8 Å². The molecule has 2 fully saturated rings. The van der Waals surface area contributed by atoms with Gasteiger partial charge in [-0.3, -0.25) is 9.69 Å².